The monoisotopic (exact) mass is 328 g/mol. The highest BCUT2D eigenvalue weighted by molar-refractivity contribution is 5.92. The molecular formula is C18H24N4O2. The van der Waals surface area contributed by atoms with E-state index >= 15 is 0 Å². The van der Waals surface area contributed by atoms with Crippen LogP contribution in [0.15, 0.2) is 30.3 Å². The third-order valence-corrected chi connectivity index (χ3v) is 3.39. The highest BCUT2D eigenvalue weighted by Crippen LogP contribution is 2.17. The average Bonchev–Trinajstić information content (AvgIpc) is 2.57. The Labute approximate surface area is 142 Å². The minimum Gasteiger partial charge on any atom is -0.496 e. The molecule has 0 fully saturated rings. The van der Waals surface area contributed by atoms with Crippen LogP contribution in [0.25, 0.3) is 0 Å². The van der Waals surface area contributed by atoms with Gasteiger partial charge in [0, 0.05) is 24.7 Å². The van der Waals surface area contributed by atoms with E-state index in [0.29, 0.717) is 29.8 Å². The van der Waals surface area contributed by atoms with Gasteiger partial charge in [-0.15, -0.1) is 0 Å². The lowest BCUT2D eigenvalue weighted by molar-refractivity contribution is 0.0945. The summed E-state index contributed by atoms with van der Waals surface area (Å²) in [6, 6.07) is 9.26. The lowest BCUT2D eigenvalue weighted by Gasteiger charge is -2.11. The van der Waals surface area contributed by atoms with Crippen molar-refractivity contribution in [3.05, 3.63) is 47.4 Å². The van der Waals surface area contributed by atoms with Gasteiger partial charge in [0.1, 0.15) is 23.1 Å². The highest BCUT2D eigenvalue weighted by atomic mass is 16.5. The highest BCUT2D eigenvalue weighted by Gasteiger charge is 2.11. The number of para-hydroxylation sites is 1. The van der Waals surface area contributed by atoms with Crippen LogP contribution in [0.4, 0.5) is 5.82 Å². The van der Waals surface area contributed by atoms with Gasteiger partial charge >= 0.3 is 0 Å². The van der Waals surface area contributed by atoms with Crippen molar-refractivity contribution in [2.45, 2.75) is 27.3 Å². The molecule has 2 aromatic rings. The Balaban J connectivity index is 2.06. The van der Waals surface area contributed by atoms with E-state index in [1.807, 2.05) is 24.3 Å². The van der Waals surface area contributed by atoms with Crippen LogP contribution in [-0.4, -0.2) is 29.5 Å². The quantitative estimate of drug-likeness (QED) is 0.817. The minimum atomic E-state index is -0.237. The molecule has 6 nitrogen and oxygen atoms in total. The molecule has 0 bridgehead atoms. The maximum absolute atomic E-state index is 12.4. The van der Waals surface area contributed by atoms with Gasteiger partial charge in [0.05, 0.1) is 7.11 Å². The second-order valence-electron chi connectivity index (χ2n) is 5.95. The van der Waals surface area contributed by atoms with Gasteiger partial charge in [-0.05, 0) is 18.9 Å². The van der Waals surface area contributed by atoms with E-state index in [0.717, 1.165) is 17.9 Å². The Morgan fingerprint density at radius 2 is 2.00 bits per heavy atom. The number of benzene rings is 1. The van der Waals surface area contributed by atoms with Crippen molar-refractivity contribution in [1.82, 2.24) is 15.3 Å². The van der Waals surface area contributed by atoms with Gasteiger partial charge in [0.25, 0.3) is 5.91 Å². The molecule has 0 unspecified atom stereocenters. The van der Waals surface area contributed by atoms with Crippen molar-refractivity contribution in [3.63, 3.8) is 0 Å². The van der Waals surface area contributed by atoms with Gasteiger partial charge in [-0.2, -0.15) is 0 Å². The Hall–Kier alpha value is -2.63. The molecule has 0 radical (unpaired) electrons. The maximum Gasteiger partial charge on any atom is 0.270 e. The van der Waals surface area contributed by atoms with Crippen molar-refractivity contribution in [3.8, 4) is 5.75 Å². The number of aryl methyl sites for hydroxylation is 1. The first-order valence-electron chi connectivity index (χ1n) is 7.99. The van der Waals surface area contributed by atoms with E-state index in [2.05, 4.69) is 34.4 Å². The van der Waals surface area contributed by atoms with Crippen LogP contribution >= 0.6 is 0 Å². The number of hydrogen-bond donors (Lipinski definition) is 2. The van der Waals surface area contributed by atoms with E-state index < -0.39 is 0 Å². The summed E-state index contributed by atoms with van der Waals surface area (Å²) in [5.41, 5.74) is 1.26. The number of hydrogen-bond acceptors (Lipinski definition) is 5. The fourth-order valence-electron chi connectivity index (χ4n) is 2.20. The first-order valence-corrected chi connectivity index (χ1v) is 7.99. The van der Waals surface area contributed by atoms with Crippen LogP contribution in [0, 0.1) is 12.8 Å². The molecule has 1 aromatic heterocycles. The maximum atomic E-state index is 12.4. The van der Waals surface area contributed by atoms with E-state index in [1.54, 1.807) is 20.1 Å². The number of anilines is 1. The van der Waals surface area contributed by atoms with Gasteiger partial charge in [0.2, 0.25) is 0 Å². The molecule has 0 saturated heterocycles. The van der Waals surface area contributed by atoms with Gasteiger partial charge in [0.15, 0.2) is 0 Å². The first-order chi connectivity index (χ1) is 11.5. The van der Waals surface area contributed by atoms with E-state index in [-0.39, 0.29) is 5.91 Å². The normalized spacial score (nSPS) is 10.5. The average molecular weight is 328 g/mol. The standard InChI is InChI=1S/C18H24N4O2/c1-12(2)10-19-17-9-15(21-13(3)22-17)18(23)20-11-14-7-5-6-8-16(14)24-4/h5-9,12H,10-11H2,1-4H3,(H,20,23)(H,19,21,22). The summed E-state index contributed by atoms with van der Waals surface area (Å²) in [7, 11) is 1.61. The molecule has 6 heteroatoms. The van der Waals surface area contributed by atoms with Crippen LogP contribution in [-0.2, 0) is 6.54 Å². The number of methoxy groups -OCH3 is 1. The van der Waals surface area contributed by atoms with E-state index in [1.165, 1.54) is 0 Å². The molecule has 128 valence electrons. The first kappa shape index (κ1) is 17.7. The zero-order valence-corrected chi connectivity index (χ0v) is 14.6. The predicted octanol–water partition coefficient (Wildman–Crippen LogP) is 2.79. The van der Waals surface area contributed by atoms with Crippen LogP contribution < -0.4 is 15.4 Å². The predicted molar refractivity (Wildman–Crippen MR) is 94.3 cm³/mol. The molecule has 0 aliphatic heterocycles. The van der Waals surface area contributed by atoms with Crippen molar-refractivity contribution >= 4 is 11.7 Å². The van der Waals surface area contributed by atoms with Crippen molar-refractivity contribution in [1.29, 1.82) is 0 Å². The molecule has 0 saturated carbocycles. The summed E-state index contributed by atoms with van der Waals surface area (Å²) in [5, 5.41) is 6.09. The second-order valence-corrected chi connectivity index (χ2v) is 5.95. The van der Waals surface area contributed by atoms with E-state index in [9.17, 15) is 4.79 Å². The number of carbonyl (C=O) groups is 1. The summed E-state index contributed by atoms with van der Waals surface area (Å²) in [6.07, 6.45) is 0. The zero-order valence-electron chi connectivity index (χ0n) is 14.6. The molecular weight excluding hydrogens is 304 g/mol. The number of nitrogens with zero attached hydrogens (tertiary/aromatic N) is 2. The Bertz CT molecular complexity index is 701. The van der Waals surface area contributed by atoms with Crippen LogP contribution in [0.2, 0.25) is 0 Å². The third kappa shape index (κ3) is 4.94. The summed E-state index contributed by atoms with van der Waals surface area (Å²) in [4.78, 5) is 20.9. The topological polar surface area (TPSA) is 76.1 Å². The van der Waals surface area contributed by atoms with Crippen molar-refractivity contribution in [2.75, 3.05) is 19.0 Å². The van der Waals surface area contributed by atoms with E-state index in [4.69, 9.17) is 4.74 Å². The molecule has 2 rings (SSSR count). The number of aromatic nitrogens is 2. The largest absolute Gasteiger partial charge is 0.496 e. The molecule has 1 heterocycles. The van der Waals surface area contributed by atoms with Crippen LogP contribution in [0.3, 0.4) is 0 Å². The Kier molecular flexibility index (Phi) is 6.12. The Morgan fingerprint density at radius 3 is 2.71 bits per heavy atom. The lowest BCUT2D eigenvalue weighted by Crippen LogP contribution is -2.25. The molecule has 0 aliphatic carbocycles. The SMILES string of the molecule is COc1ccccc1CNC(=O)c1cc(NCC(C)C)nc(C)n1. The number of nitrogens with one attached hydrogen (secondary N) is 2. The van der Waals surface area contributed by atoms with Crippen LogP contribution in [0.1, 0.15) is 35.7 Å². The van der Waals surface area contributed by atoms with Crippen molar-refractivity contribution < 1.29 is 9.53 Å². The van der Waals surface area contributed by atoms with Crippen LogP contribution in [0.5, 0.6) is 5.75 Å². The molecule has 2 N–H and O–H groups in total. The molecule has 0 spiro atoms. The lowest BCUT2D eigenvalue weighted by atomic mass is 10.2. The summed E-state index contributed by atoms with van der Waals surface area (Å²) in [5.74, 6) is 2.22. The molecule has 1 amide bonds. The van der Waals surface area contributed by atoms with Gasteiger partial charge in [-0.25, -0.2) is 9.97 Å². The smallest absolute Gasteiger partial charge is 0.270 e. The Morgan fingerprint density at radius 1 is 1.25 bits per heavy atom. The zero-order chi connectivity index (χ0) is 17.5. The third-order valence-electron chi connectivity index (χ3n) is 3.39. The van der Waals surface area contributed by atoms with Crippen molar-refractivity contribution in [2.24, 2.45) is 5.92 Å². The fraction of sp³-hybridized carbons (Fsp3) is 0.389. The molecule has 0 atom stereocenters. The number of rotatable bonds is 7. The number of ether oxygens (including phenoxy) is 1. The summed E-state index contributed by atoms with van der Waals surface area (Å²) < 4.78 is 5.29. The molecule has 24 heavy (non-hydrogen) atoms. The van der Waals surface area contributed by atoms with Gasteiger partial charge in [-0.3, -0.25) is 4.79 Å². The second kappa shape index (κ2) is 8.29. The summed E-state index contributed by atoms with van der Waals surface area (Å²) in [6.45, 7) is 7.17. The summed E-state index contributed by atoms with van der Waals surface area (Å²) >= 11 is 0. The number of amides is 1. The number of carbonyl (C=O) groups excluding carboxylic acids is 1. The fourth-order valence-corrected chi connectivity index (χ4v) is 2.20. The van der Waals surface area contributed by atoms with Gasteiger partial charge in [-0.1, -0.05) is 32.0 Å². The molecule has 0 aliphatic rings. The van der Waals surface area contributed by atoms with Gasteiger partial charge < -0.3 is 15.4 Å². The molecule has 1 aromatic carbocycles. The minimum absolute atomic E-state index is 0.237.